The molecule has 0 aromatic heterocycles. The number of anilines is 1. The summed E-state index contributed by atoms with van der Waals surface area (Å²) in [7, 11) is 0. The van der Waals surface area contributed by atoms with E-state index < -0.39 is 5.60 Å². The highest BCUT2D eigenvalue weighted by Gasteiger charge is 2.28. The molecule has 5 nitrogen and oxygen atoms in total. The second-order valence-electron chi connectivity index (χ2n) is 6.97. The summed E-state index contributed by atoms with van der Waals surface area (Å²) in [5, 5.41) is 0. The van der Waals surface area contributed by atoms with Crippen LogP contribution >= 0.6 is 0 Å². The zero-order valence-electron chi connectivity index (χ0n) is 14.6. The second-order valence-corrected chi connectivity index (χ2v) is 6.97. The van der Waals surface area contributed by atoms with E-state index in [1.165, 1.54) is 0 Å². The van der Waals surface area contributed by atoms with Crippen molar-refractivity contribution < 1.29 is 14.3 Å². The largest absolute Gasteiger partial charge is 0.494 e. The third-order valence-electron chi connectivity index (χ3n) is 3.96. The molecule has 1 aromatic rings. The number of piperidine rings is 1. The van der Waals surface area contributed by atoms with Gasteiger partial charge in [0.05, 0.1) is 6.61 Å². The number of hydrogen-bond donors (Lipinski definition) is 1. The van der Waals surface area contributed by atoms with Crippen LogP contribution in [0.2, 0.25) is 0 Å². The van der Waals surface area contributed by atoms with Gasteiger partial charge in [-0.25, -0.2) is 4.79 Å². The smallest absolute Gasteiger partial charge is 0.410 e. The minimum atomic E-state index is -0.451. The molecule has 0 radical (unpaired) electrons. The number of ether oxygens (including phenoxy) is 2. The van der Waals surface area contributed by atoms with Crippen LogP contribution in [0.1, 0.15) is 52.0 Å². The summed E-state index contributed by atoms with van der Waals surface area (Å²) in [6, 6.07) is 5.91. The summed E-state index contributed by atoms with van der Waals surface area (Å²) in [5.41, 5.74) is 7.64. The first kappa shape index (κ1) is 17.4. The van der Waals surface area contributed by atoms with Crippen LogP contribution in [-0.4, -0.2) is 36.3 Å². The van der Waals surface area contributed by atoms with Gasteiger partial charge in [-0.3, -0.25) is 0 Å². The minimum Gasteiger partial charge on any atom is -0.494 e. The fourth-order valence-electron chi connectivity index (χ4n) is 2.88. The first-order valence-electron chi connectivity index (χ1n) is 8.30. The molecule has 1 aliphatic heterocycles. The van der Waals surface area contributed by atoms with Gasteiger partial charge in [-0.15, -0.1) is 0 Å². The Kier molecular flexibility index (Phi) is 5.39. The molecule has 1 heterocycles. The van der Waals surface area contributed by atoms with E-state index in [4.69, 9.17) is 15.2 Å². The first-order valence-corrected chi connectivity index (χ1v) is 8.30. The third-order valence-corrected chi connectivity index (χ3v) is 3.96. The Morgan fingerprint density at radius 2 is 1.96 bits per heavy atom. The number of hydrogen-bond acceptors (Lipinski definition) is 4. The molecule has 0 unspecified atom stereocenters. The van der Waals surface area contributed by atoms with Crippen molar-refractivity contribution in [3.63, 3.8) is 0 Å². The van der Waals surface area contributed by atoms with Gasteiger partial charge < -0.3 is 20.1 Å². The normalized spacial score (nSPS) is 16.3. The van der Waals surface area contributed by atoms with Crippen LogP contribution in [0.3, 0.4) is 0 Å². The van der Waals surface area contributed by atoms with Crippen LogP contribution in [0.15, 0.2) is 18.2 Å². The number of nitrogens with zero attached hydrogens (tertiary/aromatic N) is 1. The molecule has 1 aromatic carbocycles. The number of carbonyl (C=O) groups is 1. The highest BCUT2D eigenvalue weighted by atomic mass is 16.6. The standard InChI is InChI=1S/C18H28N2O3/c1-5-22-14-6-7-15(16(19)12-14)13-8-10-20(11-9-13)17(21)23-18(2,3)4/h6-7,12-13H,5,8-11,19H2,1-4H3. The molecule has 0 bridgehead atoms. The Labute approximate surface area is 138 Å². The molecule has 2 rings (SSSR count). The van der Waals surface area contributed by atoms with Crippen LogP contribution in [0.4, 0.5) is 10.5 Å². The lowest BCUT2D eigenvalue weighted by Crippen LogP contribution is -2.41. The van der Waals surface area contributed by atoms with E-state index in [1.807, 2.05) is 45.9 Å². The number of likely N-dealkylation sites (tertiary alicyclic amines) is 1. The number of carbonyl (C=O) groups excluding carboxylic acids is 1. The predicted molar refractivity (Wildman–Crippen MR) is 91.8 cm³/mol. The molecule has 0 spiro atoms. The van der Waals surface area contributed by atoms with Crippen molar-refractivity contribution in [3.05, 3.63) is 23.8 Å². The molecule has 0 atom stereocenters. The topological polar surface area (TPSA) is 64.8 Å². The minimum absolute atomic E-state index is 0.226. The third kappa shape index (κ3) is 4.78. The molecule has 128 valence electrons. The van der Waals surface area contributed by atoms with E-state index in [0.717, 1.165) is 29.8 Å². The molecular weight excluding hydrogens is 292 g/mol. The van der Waals surface area contributed by atoms with Crippen molar-refractivity contribution in [3.8, 4) is 5.75 Å². The number of amides is 1. The fraction of sp³-hybridized carbons (Fsp3) is 0.611. The molecular formula is C18H28N2O3. The summed E-state index contributed by atoms with van der Waals surface area (Å²) in [5.74, 6) is 1.18. The van der Waals surface area contributed by atoms with Crippen LogP contribution in [0, 0.1) is 0 Å². The van der Waals surface area contributed by atoms with Crippen LogP contribution in [-0.2, 0) is 4.74 Å². The Morgan fingerprint density at radius 1 is 1.30 bits per heavy atom. The Balaban J connectivity index is 1.95. The van der Waals surface area contributed by atoms with E-state index in [0.29, 0.717) is 25.6 Å². The van der Waals surface area contributed by atoms with Crippen molar-refractivity contribution in [1.29, 1.82) is 0 Å². The SMILES string of the molecule is CCOc1ccc(C2CCN(C(=O)OC(C)(C)C)CC2)c(N)c1. The van der Waals surface area contributed by atoms with Crippen LogP contribution in [0.25, 0.3) is 0 Å². The second kappa shape index (κ2) is 7.11. The lowest BCUT2D eigenvalue weighted by molar-refractivity contribution is 0.0205. The van der Waals surface area contributed by atoms with E-state index in [1.54, 1.807) is 4.90 Å². The van der Waals surface area contributed by atoms with Crippen molar-refractivity contribution >= 4 is 11.8 Å². The summed E-state index contributed by atoms with van der Waals surface area (Å²) < 4.78 is 10.9. The van der Waals surface area contributed by atoms with Crippen LogP contribution < -0.4 is 10.5 Å². The quantitative estimate of drug-likeness (QED) is 0.861. The molecule has 1 fully saturated rings. The first-order chi connectivity index (χ1) is 10.8. The highest BCUT2D eigenvalue weighted by molar-refractivity contribution is 5.68. The fourth-order valence-corrected chi connectivity index (χ4v) is 2.88. The van der Waals surface area contributed by atoms with Gasteiger partial charge in [0.2, 0.25) is 0 Å². The van der Waals surface area contributed by atoms with Gasteiger partial charge in [0.25, 0.3) is 0 Å². The predicted octanol–water partition coefficient (Wildman–Crippen LogP) is 3.78. The van der Waals surface area contributed by atoms with Crippen molar-refractivity contribution in [2.24, 2.45) is 0 Å². The number of rotatable bonds is 3. The molecule has 0 saturated carbocycles. The van der Waals surface area contributed by atoms with Gasteiger partial charge in [0, 0.05) is 24.8 Å². The molecule has 1 aliphatic rings. The Bertz CT molecular complexity index is 544. The lowest BCUT2D eigenvalue weighted by atomic mass is 9.88. The molecule has 1 amide bonds. The van der Waals surface area contributed by atoms with Gasteiger partial charge in [0.1, 0.15) is 11.4 Å². The summed E-state index contributed by atoms with van der Waals surface area (Å²) in [4.78, 5) is 13.9. The maximum Gasteiger partial charge on any atom is 0.410 e. The van der Waals surface area contributed by atoms with Crippen LogP contribution in [0.5, 0.6) is 5.75 Å². The van der Waals surface area contributed by atoms with Crippen molar-refractivity contribution in [1.82, 2.24) is 4.90 Å². The Morgan fingerprint density at radius 3 is 2.48 bits per heavy atom. The molecule has 2 N–H and O–H groups in total. The van der Waals surface area contributed by atoms with Gasteiger partial charge in [-0.1, -0.05) is 6.07 Å². The van der Waals surface area contributed by atoms with Gasteiger partial charge in [-0.05, 0) is 58.1 Å². The maximum atomic E-state index is 12.1. The van der Waals surface area contributed by atoms with Gasteiger partial charge in [0.15, 0.2) is 0 Å². The molecule has 1 saturated heterocycles. The number of nitrogens with two attached hydrogens (primary N) is 1. The zero-order chi connectivity index (χ0) is 17.0. The molecule has 23 heavy (non-hydrogen) atoms. The molecule has 5 heteroatoms. The highest BCUT2D eigenvalue weighted by Crippen LogP contribution is 2.34. The summed E-state index contributed by atoms with van der Waals surface area (Å²) >= 11 is 0. The van der Waals surface area contributed by atoms with Crippen molar-refractivity contribution in [2.45, 2.75) is 52.1 Å². The Hall–Kier alpha value is -1.91. The average molecular weight is 320 g/mol. The lowest BCUT2D eigenvalue weighted by Gasteiger charge is -2.34. The molecule has 0 aliphatic carbocycles. The van der Waals surface area contributed by atoms with Gasteiger partial charge >= 0.3 is 6.09 Å². The van der Waals surface area contributed by atoms with E-state index >= 15 is 0 Å². The van der Waals surface area contributed by atoms with E-state index in [9.17, 15) is 4.79 Å². The van der Waals surface area contributed by atoms with E-state index in [2.05, 4.69) is 0 Å². The average Bonchev–Trinajstić information content (AvgIpc) is 2.46. The van der Waals surface area contributed by atoms with Crippen molar-refractivity contribution in [2.75, 3.05) is 25.4 Å². The summed E-state index contributed by atoms with van der Waals surface area (Å²) in [6.07, 6.45) is 1.57. The van der Waals surface area contributed by atoms with E-state index in [-0.39, 0.29) is 6.09 Å². The monoisotopic (exact) mass is 320 g/mol. The van der Waals surface area contributed by atoms with Gasteiger partial charge in [-0.2, -0.15) is 0 Å². The summed E-state index contributed by atoms with van der Waals surface area (Å²) in [6.45, 7) is 9.65. The maximum absolute atomic E-state index is 12.1. The number of benzene rings is 1. The zero-order valence-corrected chi connectivity index (χ0v) is 14.6. The number of nitrogen functional groups attached to an aromatic ring is 1.